The summed E-state index contributed by atoms with van der Waals surface area (Å²) in [6, 6.07) is -0.534. The van der Waals surface area contributed by atoms with Crippen LogP contribution in [0, 0.1) is 10.1 Å². The average Bonchev–Trinajstić information content (AvgIpc) is 2.13. The maximum absolute atomic E-state index is 11.1. The summed E-state index contributed by atoms with van der Waals surface area (Å²) in [6.07, 6.45) is 2.14. The largest absolute Gasteiger partial charge is 0.378 e. The van der Waals surface area contributed by atoms with Gasteiger partial charge in [-0.2, -0.15) is 0 Å². The van der Waals surface area contributed by atoms with Crippen molar-refractivity contribution in [3.63, 3.8) is 0 Å². The van der Waals surface area contributed by atoms with Gasteiger partial charge in [0, 0.05) is 12.3 Å². The molecular formula is C8H13N5O4S. The first-order valence-corrected chi connectivity index (χ1v) is 6.96. The van der Waals surface area contributed by atoms with Gasteiger partial charge in [-0.3, -0.25) is 10.1 Å². The van der Waals surface area contributed by atoms with Crippen molar-refractivity contribution in [3.05, 3.63) is 16.4 Å². The Morgan fingerprint density at radius 1 is 1.56 bits per heavy atom. The SMILES string of the molecule is CC(CS(C)(=O)=O)Nc1ncnc(N)c1[N+](=O)[O-]. The van der Waals surface area contributed by atoms with Gasteiger partial charge < -0.3 is 11.1 Å². The van der Waals surface area contributed by atoms with E-state index >= 15 is 0 Å². The third-order valence-electron chi connectivity index (χ3n) is 1.97. The molecule has 9 nitrogen and oxygen atoms in total. The number of hydrogen-bond donors (Lipinski definition) is 2. The molecule has 1 aromatic heterocycles. The van der Waals surface area contributed by atoms with Crippen LogP contribution in [0.2, 0.25) is 0 Å². The number of sulfone groups is 1. The molecule has 0 fully saturated rings. The molecular weight excluding hydrogens is 262 g/mol. The van der Waals surface area contributed by atoms with Crippen LogP contribution in [0.5, 0.6) is 0 Å². The standard InChI is InChI=1S/C8H13N5O4S/c1-5(3-18(2,16)17)12-8-6(13(14)15)7(9)10-4-11-8/h4-5H,3H2,1-2H3,(H3,9,10,11,12). The molecule has 10 heteroatoms. The highest BCUT2D eigenvalue weighted by Gasteiger charge is 2.22. The van der Waals surface area contributed by atoms with Gasteiger partial charge in [0.05, 0.1) is 10.7 Å². The summed E-state index contributed by atoms with van der Waals surface area (Å²) < 4.78 is 22.2. The van der Waals surface area contributed by atoms with Gasteiger partial charge in [-0.1, -0.05) is 0 Å². The zero-order valence-corrected chi connectivity index (χ0v) is 10.6. The van der Waals surface area contributed by atoms with E-state index in [9.17, 15) is 18.5 Å². The fourth-order valence-corrected chi connectivity index (χ4v) is 2.40. The minimum Gasteiger partial charge on any atom is -0.378 e. The first kappa shape index (κ1) is 14.1. The maximum Gasteiger partial charge on any atom is 0.352 e. The van der Waals surface area contributed by atoms with Crippen molar-refractivity contribution in [2.24, 2.45) is 0 Å². The van der Waals surface area contributed by atoms with Gasteiger partial charge in [-0.05, 0) is 6.92 Å². The van der Waals surface area contributed by atoms with Crippen molar-refractivity contribution in [3.8, 4) is 0 Å². The van der Waals surface area contributed by atoms with Gasteiger partial charge in [-0.15, -0.1) is 0 Å². The zero-order valence-electron chi connectivity index (χ0n) is 9.82. The molecule has 1 rings (SSSR count). The first-order valence-electron chi connectivity index (χ1n) is 4.90. The van der Waals surface area contributed by atoms with Crippen molar-refractivity contribution in [1.29, 1.82) is 0 Å². The van der Waals surface area contributed by atoms with E-state index in [1.807, 2.05) is 0 Å². The number of nitrogens with one attached hydrogen (secondary N) is 1. The van der Waals surface area contributed by atoms with Crippen LogP contribution >= 0.6 is 0 Å². The molecule has 18 heavy (non-hydrogen) atoms. The predicted molar refractivity (Wildman–Crippen MR) is 65.9 cm³/mol. The monoisotopic (exact) mass is 275 g/mol. The lowest BCUT2D eigenvalue weighted by molar-refractivity contribution is -0.383. The van der Waals surface area contributed by atoms with E-state index in [2.05, 4.69) is 15.3 Å². The molecule has 0 spiro atoms. The topological polar surface area (TPSA) is 141 Å². The zero-order chi connectivity index (χ0) is 13.9. The molecule has 0 radical (unpaired) electrons. The molecule has 0 saturated heterocycles. The molecule has 1 heterocycles. The smallest absolute Gasteiger partial charge is 0.352 e. The highest BCUT2D eigenvalue weighted by atomic mass is 32.2. The number of aromatic nitrogens is 2. The van der Waals surface area contributed by atoms with Gasteiger partial charge in [-0.25, -0.2) is 18.4 Å². The lowest BCUT2D eigenvalue weighted by Crippen LogP contribution is -2.26. The normalized spacial score (nSPS) is 13.0. The first-order chi connectivity index (χ1) is 8.20. The molecule has 100 valence electrons. The summed E-state index contributed by atoms with van der Waals surface area (Å²) in [5.74, 6) is -0.540. The van der Waals surface area contributed by atoms with E-state index in [0.717, 1.165) is 12.6 Å². The van der Waals surface area contributed by atoms with Gasteiger partial charge in [0.1, 0.15) is 16.2 Å². The second-order valence-electron chi connectivity index (χ2n) is 3.85. The molecule has 1 unspecified atom stereocenters. The number of nitrogens with zero attached hydrogens (tertiary/aromatic N) is 3. The van der Waals surface area contributed by atoms with Crippen LogP contribution in [0.1, 0.15) is 6.92 Å². The van der Waals surface area contributed by atoms with Gasteiger partial charge >= 0.3 is 5.69 Å². The number of rotatable bonds is 5. The lowest BCUT2D eigenvalue weighted by atomic mass is 10.3. The Morgan fingerprint density at radius 2 is 2.17 bits per heavy atom. The van der Waals surface area contributed by atoms with Crippen LogP contribution in [0.4, 0.5) is 17.3 Å². The van der Waals surface area contributed by atoms with E-state index < -0.39 is 26.5 Å². The van der Waals surface area contributed by atoms with Crippen LogP contribution in [-0.4, -0.2) is 41.4 Å². The Morgan fingerprint density at radius 3 is 2.67 bits per heavy atom. The summed E-state index contributed by atoms with van der Waals surface area (Å²) in [4.78, 5) is 17.3. The summed E-state index contributed by atoms with van der Waals surface area (Å²) in [6.45, 7) is 1.57. The van der Waals surface area contributed by atoms with E-state index in [1.54, 1.807) is 6.92 Å². The highest BCUT2D eigenvalue weighted by molar-refractivity contribution is 7.90. The maximum atomic E-state index is 11.1. The third-order valence-corrected chi connectivity index (χ3v) is 3.07. The Labute approximate surface area is 103 Å². The number of nitrogens with two attached hydrogens (primary N) is 1. The molecule has 1 atom stereocenters. The third kappa shape index (κ3) is 3.80. The molecule has 3 N–H and O–H groups in total. The quantitative estimate of drug-likeness (QED) is 0.556. The minimum atomic E-state index is -3.19. The molecule has 0 aliphatic carbocycles. The lowest BCUT2D eigenvalue weighted by Gasteiger charge is -2.13. The molecule has 0 aliphatic heterocycles. The van der Waals surface area contributed by atoms with Crippen molar-refractivity contribution in [2.45, 2.75) is 13.0 Å². The molecule has 0 amide bonds. The Hall–Kier alpha value is -1.97. The summed E-state index contributed by atoms with van der Waals surface area (Å²) in [5.41, 5.74) is 4.91. The number of nitrogen functional groups attached to an aromatic ring is 1. The molecule has 0 aliphatic rings. The molecule has 0 aromatic carbocycles. The molecule has 0 bridgehead atoms. The van der Waals surface area contributed by atoms with Crippen molar-refractivity contribution >= 4 is 27.2 Å². The fourth-order valence-electron chi connectivity index (χ4n) is 1.41. The summed E-state index contributed by atoms with van der Waals surface area (Å²) >= 11 is 0. The van der Waals surface area contributed by atoms with Crippen LogP contribution in [0.15, 0.2) is 6.33 Å². The average molecular weight is 275 g/mol. The Balaban J connectivity index is 2.98. The van der Waals surface area contributed by atoms with Gasteiger partial charge in [0.25, 0.3) is 0 Å². The van der Waals surface area contributed by atoms with Crippen LogP contribution in [0.25, 0.3) is 0 Å². The van der Waals surface area contributed by atoms with Crippen LogP contribution in [-0.2, 0) is 9.84 Å². The number of hydrogen-bond acceptors (Lipinski definition) is 8. The van der Waals surface area contributed by atoms with Crippen LogP contribution < -0.4 is 11.1 Å². The highest BCUT2D eigenvalue weighted by Crippen LogP contribution is 2.26. The minimum absolute atomic E-state index is 0.0938. The van der Waals surface area contributed by atoms with Crippen molar-refractivity contribution in [2.75, 3.05) is 23.1 Å². The van der Waals surface area contributed by atoms with Gasteiger partial charge in [0.15, 0.2) is 0 Å². The van der Waals surface area contributed by atoms with Gasteiger partial charge in [0.2, 0.25) is 11.6 Å². The van der Waals surface area contributed by atoms with Crippen molar-refractivity contribution < 1.29 is 13.3 Å². The molecule has 1 aromatic rings. The van der Waals surface area contributed by atoms with E-state index in [4.69, 9.17) is 5.73 Å². The van der Waals surface area contributed by atoms with E-state index in [0.29, 0.717) is 0 Å². The second kappa shape index (κ2) is 5.12. The summed E-state index contributed by atoms with van der Waals surface area (Å²) in [7, 11) is -3.19. The van der Waals surface area contributed by atoms with Crippen molar-refractivity contribution in [1.82, 2.24) is 9.97 Å². The number of anilines is 2. The Bertz CT molecular complexity index is 559. The summed E-state index contributed by atoms with van der Waals surface area (Å²) in [5, 5.41) is 13.4. The Kier molecular flexibility index (Phi) is 4.01. The van der Waals surface area contributed by atoms with E-state index in [1.165, 1.54) is 0 Å². The van der Waals surface area contributed by atoms with E-state index in [-0.39, 0.29) is 17.4 Å². The van der Waals surface area contributed by atoms with Crippen LogP contribution in [0.3, 0.4) is 0 Å². The molecule has 0 saturated carbocycles. The number of nitro groups is 1. The fraction of sp³-hybridized carbons (Fsp3) is 0.500. The second-order valence-corrected chi connectivity index (χ2v) is 6.04. The predicted octanol–water partition coefficient (Wildman–Crippen LogP) is -0.188.